The molecule has 0 aliphatic rings. The predicted molar refractivity (Wildman–Crippen MR) is 107 cm³/mol. The molecule has 0 bridgehead atoms. The van der Waals surface area contributed by atoms with Crippen LogP contribution in [0.25, 0.3) is 0 Å². The van der Waals surface area contributed by atoms with Gasteiger partial charge in [0.25, 0.3) is 0 Å². The van der Waals surface area contributed by atoms with Crippen molar-refractivity contribution >= 4 is 0 Å². The van der Waals surface area contributed by atoms with Crippen LogP contribution in [0.3, 0.4) is 0 Å². The van der Waals surface area contributed by atoms with Gasteiger partial charge >= 0.3 is 0 Å². The molecule has 144 valence electrons. The number of rotatable bonds is 10. The first-order valence-corrected chi connectivity index (χ1v) is 9.26. The fourth-order valence-corrected chi connectivity index (χ4v) is 2.74. The molecule has 0 saturated carbocycles. The first kappa shape index (κ1) is 20.8. The Morgan fingerprint density at radius 3 is 2.11 bits per heavy atom. The smallest absolute Gasteiger partial charge is 0.176 e. The fourth-order valence-electron chi connectivity index (χ4n) is 2.74. The van der Waals surface area contributed by atoms with E-state index in [1.807, 2.05) is 0 Å². The van der Waals surface area contributed by atoms with Gasteiger partial charge in [0.15, 0.2) is 5.60 Å². The van der Waals surface area contributed by atoms with Crippen molar-refractivity contribution in [1.29, 1.82) is 0 Å². The molecule has 0 heterocycles. The molecule has 2 N–H and O–H groups in total. The number of ether oxygens (including phenoxy) is 2. The summed E-state index contributed by atoms with van der Waals surface area (Å²) in [5, 5.41) is 20.3. The Labute approximate surface area is 161 Å². The third-order valence-corrected chi connectivity index (χ3v) is 4.33. The van der Waals surface area contributed by atoms with Crippen LogP contribution in [0.1, 0.15) is 37.8 Å². The van der Waals surface area contributed by atoms with E-state index < -0.39 is 5.60 Å². The molecular formula is C23H28O4. The van der Waals surface area contributed by atoms with Crippen molar-refractivity contribution in [2.75, 3.05) is 19.8 Å². The molecule has 0 aliphatic heterocycles. The number of aromatic hydroxyl groups is 1. The second-order valence-electron chi connectivity index (χ2n) is 6.92. The Morgan fingerprint density at radius 2 is 1.56 bits per heavy atom. The molecule has 0 spiro atoms. The van der Waals surface area contributed by atoms with Crippen molar-refractivity contribution in [3.63, 3.8) is 0 Å². The molecular weight excluding hydrogens is 340 g/mol. The molecule has 0 fully saturated rings. The number of phenolic OH excluding ortho intramolecular Hbond substituents is 1. The second kappa shape index (κ2) is 10.0. The zero-order valence-electron chi connectivity index (χ0n) is 16.0. The lowest BCUT2D eigenvalue weighted by atomic mass is 9.87. The Bertz CT molecular complexity index is 728. The average Bonchev–Trinajstić information content (AvgIpc) is 2.67. The van der Waals surface area contributed by atoms with Crippen molar-refractivity contribution < 1.29 is 19.7 Å². The van der Waals surface area contributed by atoms with E-state index in [0.717, 1.165) is 13.0 Å². The maximum Gasteiger partial charge on any atom is 0.176 e. The Hall–Kier alpha value is -2.48. The number of benzene rings is 2. The van der Waals surface area contributed by atoms with Crippen LogP contribution < -0.4 is 4.74 Å². The quantitative estimate of drug-likeness (QED) is 0.490. The lowest BCUT2D eigenvalue weighted by molar-refractivity contribution is 0.0957. The Morgan fingerprint density at radius 1 is 0.963 bits per heavy atom. The van der Waals surface area contributed by atoms with Crippen LogP contribution >= 0.6 is 0 Å². The number of terminal acetylenes is 1. The highest BCUT2D eigenvalue weighted by Gasteiger charge is 2.29. The molecule has 4 nitrogen and oxygen atoms in total. The van der Waals surface area contributed by atoms with Gasteiger partial charge in [-0.25, -0.2) is 0 Å². The van der Waals surface area contributed by atoms with Crippen molar-refractivity contribution in [3.05, 3.63) is 59.7 Å². The minimum Gasteiger partial charge on any atom is -0.508 e. The van der Waals surface area contributed by atoms with Gasteiger partial charge in [-0.1, -0.05) is 44.0 Å². The van der Waals surface area contributed by atoms with Gasteiger partial charge in [-0.05, 0) is 43.0 Å². The van der Waals surface area contributed by atoms with Crippen LogP contribution in [-0.4, -0.2) is 30.0 Å². The normalized spacial score (nSPS) is 13.1. The zero-order valence-corrected chi connectivity index (χ0v) is 16.0. The largest absolute Gasteiger partial charge is 0.508 e. The van der Waals surface area contributed by atoms with Crippen molar-refractivity contribution in [2.45, 2.75) is 32.3 Å². The summed E-state index contributed by atoms with van der Waals surface area (Å²) in [6.07, 6.45) is 7.83. The van der Waals surface area contributed by atoms with Crippen LogP contribution in [0.15, 0.2) is 48.5 Å². The molecule has 27 heavy (non-hydrogen) atoms. The molecule has 1 unspecified atom stereocenters. The summed E-state index contributed by atoms with van der Waals surface area (Å²) in [6.45, 7) is 6.17. The van der Waals surface area contributed by atoms with Gasteiger partial charge in [0.2, 0.25) is 0 Å². The second-order valence-corrected chi connectivity index (χ2v) is 6.92. The maximum atomic E-state index is 10.9. The summed E-state index contributed by atoms with van der Waals surface area (Å²) in [5.41, 5.74) is -0.481. The molecule has 2 aromatic carbocycles. The highest BCUT2D eigenvalue weighted by Crippen LogP contribution is 2.31. The van der Waals surface area contributed by atoms with Crippen LogP contribution in [0.2, 0.25) is 0 Å². The minimum atomic E-state index is -1.56. The van der Waals surface area contributed by atoms with E-state index in [2.05, 4.69) is 19.8 Å². The van der Waals surface area contributed by atoms with E-state index in [-0.39, 0.29) is 5.75 Å². The summed E-state index contributed by atoms with van der Waals surface area (Å²) in [5.74, 6) is 3.95. The summed E-state index contributed by atoms with van der Waals surface area (Å²) >= 11 is 0. The number of phenols is 1. The molecule has 0 saturated heterocycles. The first-order chi connectivity index (χ1) is 13.0. The van der Waals surface area contributed by atoms with Gasteiger partial charge in [0, 0.05) is 17.7 Å². The van der Waals surface area contributed by atoms with Gasteiger partial charge in [-0.3, -0.25) is 0 Å². The topological polar surface area (TPSA) is 58.9 Å². The van der Waals surface area contributed by atoms with Crippen LogP contribution in [0, 0.1) is 18.3 Å². The summed E-state index contributed by atoms with van der Waals surface area (Å²) < 4.78 is 11.2. The fraction of sp³-hybridized carbons (Fsp3) is 0.391. The van der Waals surface area contributed by atoms with Crippen molar-refractivity contribution in [3.8, 4) is 23.8 Å². The van der Waals surface area contributed by atoms with Crippen molar-refractivity contribution in [1.82, 2.24) is 0 Å². The summed E-state index contributed by atoms with van der Waals surface area (Å²) in [4.78, 5) is 0. The molecule has 2 rings (SSSR count). The summed E-state index contributed by atoms with van der Waals surface area (Å²) in [7, 11) is 0. The number of hydrogen-bond donors (Lipinski definition) is 2. The minimum absolute atomic E-state index is 0.119. The molecule has 4 heteroatoms. The van der Waals surface area contributed by atoms with Gasteiger partial charge in [0.1, 0.15) is 18.1 Å². The SMILES string of the molecule is C#CC(O)(c1ccc(O)cc1)c1ccc(OCCOCCCC(C)C)cc1. The molecule has 0 aromatic heterocycles. The van der Waals surface area contributed by atoms with Crippen LogP contribution in [0.5, 0.6) is 11.5 Å². The molecule has 0 amide bonds. The zero-order chi connectivity index (χ0) is 19.7. The highest BCUT2D eigenvalue weighted by molar-refractivity contribution is 5.46. The summed E-state index contributed by atoms with van der Waals surface area (Å²) in [6, 6.07) is 13.2. The number of aliphatic hydroxyl groups is 1. The monoisotopic (exact) mass is 368 g/mol. The lowest BCUT2D eigenvalue weighted by Gasteiger charge is -2.23. The Balaban J connectivity index is 1.88. The van der Waals surface area contributed by atoms with E-state index in [9.17, 15) is 10.2 Å². The molecule has 1 atom stereocenters. The molecule has 0 radical (unpaired) electrons. The van der Waals surface area contributed by atoms with Crippen LogP contribution in [-0.2, 0) is 10.3 Å². The van der Waals surface area contributed by atoms with Gasteiger partial charge in [-0.15, -0.1) is 6.42 Å². The van der Waals surface area contributed by atoms with E-state index >= 15 is 0 Å². The van der Waals surface area contributed by atoms with E-state index in [0.29, 0.717) is 36.0 Å². The maximum absolute atomic E-state index is 10.9. The van der Waals surface area contributed by atoms with E-state index in [1.165, 1.54) is 18.6 Å². The third kappa shape index (κ3) is 6.02. The van der Waals surface area contributed by atoms with Gasteiger partial charge < -0.3 is 19.7 Å². The third-order valence-electron chi connectivity index (χ3n) is 4.33. The van der Waals surface area contributed by atoms with E-state index in [1.54, 1.807) is 36.4 Å². The van der Waals surface area contributed by atoms with E-state index in [4.69, 9.17) is 15.9 Å². The lowest BCUT2D eigenvalue weighted by Crippen LogP contribution is -2.24. The van der Waals surface area contributed by atoms with Crippen molar-refractivity contribution in [2.24, 2.45) is 5.92 Å². The van der Waals surface area contributed by atoms with Gasteiger partial charge in [-0.2, -0.15) is 0 Å². The molecule has 0 aliphatic carbocycles. The Kier molecular flexibility index (Phi) is 7.72. The van der Waals surface area contributed by atoms with Gasteiger partial charge in [0.05, 0.1) is 6.61 Å². The molecule has 2 aromatic rings. The number of hydrogen-bond acceptors (Lipinski definition) is 4. The first-order valence-electron chi connectivity index (χ1n) is 9.26. The highest BCUT2D eigenvalue weighted by atomic mass is 16.5. The predicted octanol–water partition coefficient (Wildman–Crippen LogP) is 4.09. The average molecular weight is 368 g/mol. The van der Waals surface area contributed by atoms with Crippen LogP contribution in [0.4, 0.5) is 0 Å². The standard InChI is InChI=1S/C23H28O4/c1-4-23(25,19-7-11-21(24)12-8-19)20-9-13-22(14-10-20)27-17-16-26-15-5-6-18(2)3/h1,7-14,18,24-25H,5-6,15-17H2,2-3H3.